The molecule has 0 fully saturated rings. The molecule has 2 aliphatic rings. The summed E-state index contributed by atoms with van der Waals surface area (Å²) in [7, 11) is 0. The van der Waals surface area contributed by atoms with Crippen molar-refractivity contribution in [3.8, 4) is 46.0 Å². The first-order valence-corrected chi connectivity index (χ1v) is 51.3. The van der Waals surface area contributed by atoms with Gasteiger partial charge in [0.05, 0.1) is 0 Å². The molecule has 141 heavy (non-hydrogen) atoms. The van der Waals surface area contributed by atoms with Crippen LogP contribution in [0.1, 0.15) is 433 Å². The van der Waals surface area contributed by atoms with Gasteiger partial charge in [0.1, 0.15) is 85.6 Å². The molecule has 8 aromatic carbocycles. The van der Waals surface area contributed by atoms with Gasteiger partial charge in [-0.05, 0) is 237 Å². The van der Waals surface area contributed by atoms with Crippen LogP contribution >= 0.6 is 0 Å². The predicted octanol–water partition coefficient (Wildman–Crippen LogP) is 25.7. The van der Waals surface area contributed by atoms with E-state index in [2.05, 4.69) is 75.1 Å². The first-order chi connectivity index (χ1) is 68.1. The van der Waals surface area contributed by atoms with E-state index in [1.165, 1.54) is 0 Å². The molecule has 754 valence electrons. The summed E-state index contributed by atoms with van der Waals surface area (Å²) in [4.78, 5) is 149. The molecule has 0 heterocycles. The number of fused-ring (bicyclic) bond motifs is 16. The van der Waals surface area contributed by atoms with Crippen LogP contribution in [0.15, 0.2) is 135 Å². The topological polar surface area (TPSA) is 344 Å². The van der Waals surface area contributed by atoms with E-state index >= 15 is 0 Å². The number of ether oxygens (including phenoxy) is 6. The molecule has 10 rings (SSSR count). The molecule has 0 spiro atoms. The number of unbranched alkanes of at least 4 members (excludes halogenated alkanes) is 16. The third-order valence-corrected chi connectivity index (χ3v) is 26.0. The summed E-state index contributed by atoms with van der Waals surface area (Å²) in [6.45, 7) is 26.3. The Balaban J connectivity index is 0.000000316. The number of rotatable bonds is 55. The number of benzene rings is 8. The molecule has 22 nitrogen and oxygen atoms in total. The second kappa shape index (κ2) is 57.8. The minimum Gasteiger partial charge on any atom is -0.507 e. The lowest BCUT2D eigenvalue weighted by Crippen LogP contribution is -2.15. The van der Waals surface area contributed by atoms with Crippen molar-refractivity contribution < 1.29 is 107 Å². The number of hydrogen-bond donors (Lipinski definition) is 5. The second-order valence-corrected chi connectivity index (χ2v) is 37.2. The first-order valence-electron chi connectivity index (χ1n) is 51.3. The van der Waals surface area contributed by atoms with Crippen LogP contribution in [0, 0.1) is 0 Å². The molecule has 0 amide bonds. The highest BCUT2D eigenvalue weighted by Gasteiger charge is 2.31. The summed E-state index contributed by atoms with van der Waals surface area (Å²) < 4.78 is 35.4. The van der Waals surface area contributed by atoms with Gasteiger partial charge in [0.2, 0.25) is 0 Å². The Kier molecular flexibility index (Phi) is 45.8. The Morgan fingerprint density at radius 2 is 0.340 bits per heavy atom. The largest absolute Gasteiger partial charge is 0.507 e. The van der Waals surface area contributed by atoms with E-state index in [0.717, 1.165) is 121 Å². The Labute approximate surface area is 832 Å². The smallest absolute Gasteiger partial charge is 0.330 e. The number of Topliss-reactive ketones (excluding diaryl/α,β-unsaturated/α-hetero) is 8. The molecule has 16 bridgehead atoms. The van der Waals surface area contributed by atoms with Gasteiger partial charge in [-0.25, -0.2) is 14.4 Å². The van der Waals surface area contributed by atoms with E-state index in [1.807, 2.05) is 0 Å². The van der Waals surface area contributed by atoms with Crippen molar-refractivity contribution in [3.63, 3.8) is 0 Å². The lowest BCUT2D eigenvalue weighted by atomic mass is 9.86. The van der Waals surface area contributed by atoms with Crippen molar-refractivity contribution in [2.75, 3.05) is 39.6 Å². The van der Waals surface area contributed by atoms with Gasteiger partial charge in [0.15, 0.2) is 46.3 Å². The number of phenolic OH excluding ortho intramolecular Hbond substituents is 5. The SMILES string of the molecule is C=CC(=O)OCCOc1c2cc(C(=O)CCCCC)cc1Cc1cc(C(=O)CCCCC)cc(c1O)Cc1cc(C(=O)CCCCC)cc(c1O)Cc1cc(C(=O)CCCCC)cc(c1O)C2.C=CC(=O)OCCOc1c2cc(C(=O)CCCCC)cc1Cc1cc(C(=O)CCCCC)cc(c1O)Cc1cc(C(=O)CCCCC)cc(c1OCCOC(=O)C=C)Cc1cc(C(=O)CCCCC)cc(c1O)C2. The minimum atomic E-state index is -0.637. The number of esters is 3. The molecule has 0 saturated heterocycles. The molecular formula is C119H146O22. The van der Waals surface area contributed by atoms with Crippen molar-refractivity contribution in [2.24, 2.45) is 0 Å². The van der Waals surface area contributed by atoms with Gasteiger partial charge < -0.3 is 54.0 Å². The van der Waals surface area contributed by atoms with Crippen molar-refractivity contribution in [1.29, 1.82) is 0 Å². The molecule has 0 unspecified atom stereocenters. The Hall–Kier alpha value is -12.9. The zero-order chi connectivity index (χ0) is 102. The van der Waals surface area contributed by atoms with Gasteiger partial charge in [0.25, 0.3) is 0 Å². The number of ketones is 8. The summed E-state index contributed by atoms with van der Waals surface area (Å²) in [5.74, 6) is -2.37. The predicted molar refractivity (Wildman–Crippen MR) is 550 cm³/mol. The molecule has 5 N–H and O–H groups in total. The third-order valence-electron chi connectivity index (χ3n) is 26.0. The standard InChI is InChI=1S/C62H76O12.C57H70O10/c1-7-13-17-21-53(63)41-29-45-37-49-33-43(55(65)23-19-15-9-3)35-51(61(49)73-27-25-71-57(67)11-5)39-47-31-42(54(64)22-18-14-8-2)32-48(60(47)70)40-52-36-44(56(66)24-20-16-10-4)34-50(38-46(30-41)59(45)69)62(52)74-28-26-72-58(68)12-6;1-6-11-15-19-49(58)37-25-41-33-43-27-38(50(59)20-16-12-7-2)29-45(55(43)64)35-47-31-40(52(61)22-18-14-9-4)32-48(57(47)67-24-23-66-53(62)10-5)36-46-30-39(51(60)21-17-13-8-3)28-44(56(46)65)34-42(26-37)54(41)63/h11-12,29-36,69-70H,5-10,13-28,37-40H2,1-4H3;10,25-32,63-65H,5-9,11-24,33-36H2,1-4H3. The Bertz CT molecular complexity index is 5370. The molecule has 0 atom stereocenters. The van der Waals surface area contributed by atoms with Gasteiger partial charge in [-0.2, -0.15) is 0 Å². The molecule has 0 saturated carbocycles. The summed E-state index contributed by atoms with van der Waals surface area (Å²) in [5, 5.41) is 61.8. The zero-order valence-electron chi connectivity index (χ0n) is 84.3. The maximum absolute atomic E-state index is 14.2. The van der Waals surface area contributed by atoms with Gasteiger partial charge in [-0.3, -0.25) is 38.4 Å². The molecule has 0 radical (unpaired) electrons. The van der Waals surface area contributed by atoms with Crippen LogP contribution in [0.4, 0.5) is 0 Å². The third kappa shape index (κ3) is 32.9. The van der Waals surface area contributed by atoms with Crippen LogP contribution in [0.25, 0.3) is 0 Å². The van der Waals surface area contributed by atoms with E-state index in [-0.39, 0.29) is 192 Å². The highest BCUT2D eigenvalue weighted by molar-refractivity contribution is 6.02. The number of hydrogen-bond acceptors (Lipinski definition) is 22. The lowest BCUT2D eigenvalue weighted by Gasteiger charge is -2.23. The Morgan fingerprint density at radius 1 is 0.213 bits per heavy atom. The molecule has 22 heteroatoms. The monoisotopic (exact) mass is 1930 g/mol. The molecule has 8 aromatic rings. The molecular weight excluding hydrogens is 1780 g/mol. The van der Waals surface area contributed by atoms with E-state index in [9.17, 15) is 78.3 Å². The molecule has 2 aliphatic carbocycles. The normalized spacial score (nSPS) is 11.9. The Morgan fingerprint density at radius 3 is 0.468 bits per heavy atom. The van der Waals surface area contributed by atoms with Crippen molar-refractivity contribution >= 4 is 64.2 Å². The van der Waals surface area contributed by atoms with E-state index in [1.54, 1.807) is 97.1 Å². The maximum atomic E-state index is 14.2. The number of aromatic hydroxyl groups is 5. The van der Waals surface area contributed by atoms with Crippen molar-refractivity contribution in [1.82, 2.24) is 0 Å². The fourth-order valence-corrected chi connectivity index (χ4v) is 18.2. The van der Waals surface area contributed by atoms with Crippen molar-refractivity contribution in [2.45, 2.75) is 312 Å². The summed E-state index contributed by atoms with van der Waals surface area (Å²) in [5.41, 5.74) is 9.71. The average Bonchev–Trinajstić information content (AvgIpc) is 0.739. The van der Waals surface area contributed by atoms with Gasteiger partial charge in [-0.15, -0.1) is 0 Å². The fourth-order valence-electron chi connectivity index (χ4n) is 18.2. The van der Waals surface area contributed by atoms with Crippen LogP contribution < -0.4 is 14.2 Å². The molecule has 0 aliphatic heterocycles. The summed E-state index contributed by atoms with van der Waals surface area (Å²) >= 11 is 0. The maximum Gasteiger partial charge on any atom is 0.330 e. The van der Waals surface area contributed by atoms with Gasteiger partial charge in [0, 0.05) is 165 Å². The van der Waals surface area contributed by atoms with Crippen LogP contribution in [0.5, 0.6) is 46.0 Å². The van der Waals surface area contributed by atoms with Crippen molar-refractivity contribution in [3.05, 3.63) is 269 Å². The van der Waals surface area contributed by atoms with E-state index < -0.39 is 17.9 Å². The summed E-state index contributed by atoms with van der Waals surface area (Å²) in [6, 6.07) is 27.1. The summed E-state index contributed by atoms with van der Waals surface area (Å²) in [6.07, 6.45) is 25.0. The van der Waals surface area contributed by atoms with Crippen LogP contribution in [0.2, 0.25) is 0 Å². The first kappa shape index (κ1) is 112. The number of phenols is 5. The lowest BCUT2D eigenvalue weighted by molar-refractivity contribution is -0.139. The van der Waals surface area contributed by atoms with Crippen LogP contribution in [0.3, 0.4) is 0 Å². The average molecular weight is 1930 g/mol. The van der Waals surface area contributed by atoms with Crippen LogP contribution in [-0.2, 0) is 80.0 Å². The zero-order valence-corrected chi connectivity index (χ0v) is 84.3. The highest BCUT2D eigenvalue weighted by atomic mass is 16.6. The van der Waals surface area contributed by atoms with E-state index in [0.29, 0.717) is 228 Å². The van der Waals surface area contributed by atoms with E-state index in [4.69, 9.17) is 28.4 Å². The fraction of sp³-hybridized carbons (Fsp3) is 0.454. The minimum absolute atomic E-state index is 0.000144. The number of carbonyl (C=O) groups is 11. The van der Waals surface area contributed by atoms with Gasteiger partial charge >= 0.3 is 17.9 Å². The quantitative estimate of drug-likeness (QED) is 0.00777. The molecule has 0 aromatic heterocycles. The highest BCUT2D eigenvalue weighted by Crippen LogP contribution is 2.45. The number of carbonyl (C=O) groups excluding carboxylic acids is 11. The second-order valence-electron chi connectivity index (χ2n) is 37.2. The van der Waals surface area contributed by atoms with Crippen LogP contribution in [-0.4, -0.2) is 129 Å². The van der Waals surface area contributed by atoms with Gasteiger partial charge in [-0.1, -0.05) is 178 Å².